The average molecular weight is 289 g/mol. The van der Waals surface area contributed by atoms with Crippen LogP contribution in [-0.2, 0) is 0 Å². The Hall–Kier alpha value is -2.97. The predicted molar refractivity (Wildman–Crippen MR) is 71.3 cm³/mol. The Labute approximate surface area is 118 Å². The molecule has 1 fully saturated rings. The summed E-state index contributed by atoms with van der Waals surface area (Å²) >= 11 is 0. The number of hydrogen-bond acceptors (Lipinski definition) is 6. The van der Waals surface area contributed by atoms with Gasteiger partial charge in [0.2, 0.25) is 0 Å². The highest BCUT2D eigenvalue weighted by molar-refractivity contribution is 5.84. The van der Waals surface area contributed by atoms with Gasteiger partial charge in [-0.1, -0.05) is 5.21 Å². The number of aromatic carboxylic acids is 1. The molecule has 0 radical (unpaired) electrons. The summed E-state index contributed by atoms with van der Waals surface area (Å²) in [6.07, 6.45) is 1.40. The summed E-state index contributed by atoms with van der Waals surface area (Å²) in [6.45, 7) is 1.31. The van der Waals surface area contributed by atoms with E-state index < -0.39 is 10.9 Å². The standard InChI is InChI=1S/C12H11N5O4/c18-12(19)11-7-16(14-13-11)10-5-15(6-10)8-1-3-9(4-2-8)17(20)21/h1-4,7,10H,5-6H2,(H,18,19). The molecule has 3 rings (SSSR count). The van der Waals surface area contributed by atoms with E-state index in [1.807, 2.05) is 4.90 Å². The molecule has 2 aromatic rings. The summed E-state index contributed by atoms with van der Waals surface area (Å²) in [5.74, 6) is -1.10. The van der Waals surface area contributed by atoms with E-state index >= 15 is 0 Å². The number of nitro groups is 1. The van der Waals surface area contributed by atoms with Gasteiger partial charge in [0.15, 0.2) is 5.69 Å². The molecular formula is C12H11N5O4. The Morgan fingerprint density at radius 1 is 1.33 bits per heavy atom. The molecule has 0 spiro atoms. The van der Waals surface area contributed by atoms with E-state index in [1.165, 1.54) is 23.0 Å². The van der Waals surface area contributed by atoms with Crippen LogP contribution in [0.2, 0.25) is 0 Å². The molecule has 0 aliphatic carbocycles. The molecule has 1 saturated heterocycles. The van der Waals surface area contributed by atoms with E-state index in [1.54, 1.807) is 12.1 Å². The fourth-order valence-electron chi connectivity index (χ4n) is 2.17. The van der Waals surface area contributed by atoms with Gasteiger partial charge in [0.1, 0.15) is 0 Å². The third-order valence-corrected chi connectivity index (χ3v) is 3.39. The van der Waals surface area contributed by atoms with E-state index in [0.29, 0.717) is 13.1 Å². The number of nitro benzene ring substituents is 1. The highest BCUT2D eigenvalue weighted by Gasteiger charge is 2.30. The zero-order chi connectivity index (χ0) is 15.0. The van der Waals surface area contributed by atoms with Gasteiger partial charge in [-0.3, -0.25) is 10.1 Å². The summed E-state index contributed by atoms with van der Waals surface area (Å²) in [5, 5.41) is 26.7. The Morgan fingerprint density at radius 2 is 2.00 bits per heavy atom. The number of rotatable bonds is 4. The van der Waals surface area contributed by atoms with Gasteiger partial charge in [0, 0.05) is 30.9 Å². The number of non-ortho nitro benzene ring substituents is 1. The Balaban J connectivity index is 1.64. The third kappa shape index (κ3) is 2.40. The van der Waals surface area contributed by atoms with Crippen LogP contribution in [0, 0.1) is 10.1 Å². The number of aromatic nitrogens is 3. The van der Waals surface area contributed by atoms with Gasteiger partial charge in [-0.15, -0.1) is 5.10 Å². The molecule has 1 N–H and O–H groups in total. The highest BCUT2D eigenvalue weighted by Crippen LogP contribution is 2.28. The molecule has 0 bridgehead atoms. The van der Waals surface area contributed by atoms with E-state index in [-0.39, 0.29) is 17.4 Å². The van der Waals surface area contributed by atoms with Crippen LogP contribution in [-0.4, -0.2) is 44.1 Å². The van der Waals surface area contributed by atoms with Crippen molar-refractivity contribution < 1.29 is 14.8 Å². The van der Waals surface area contributed by atoms with E-state index in [9.17, 15) is 14.9 Å². The lowest BCUT2D eigenvalue weighted by molar-refractivity contribution is -0.384. The first kappa shape index (κ1) is 13.0. The van der Waals surface area contributed by atoms with E-state index in [2.05, 4.69) is 10.3 Å². The third-order valence-electron chi connectivity index (χ3n) is 3.39. The van der Waals surface area contributed by atoms with Crippen molar-refractivity contribution in [2.75, 3.05) is 18.0 Å². The number of carboxylic acid groups (broad SMARTS) is 1. The normalized spacial score (nSPS) is 14.8. The lowest BCUT2D eigenvalue weighted by Crippen LogP contribution is -2.48. The Bertz CT molecular complexity index is 690. The molecule has 21 heavy (non-hydrogen) atoms. The quantitative estimate of drug-likeness (QED) is 0.658. The summed E-state index contributed by atoms with van der Waals surface area (Å²) < 4.78 is 1.53. The van der Waals surface area contributed by atoms with Crippen molar-refractivity contribution in [3.8, 4) is 0 Å². The average Bonchev–Trinajstić information content (AvgIpc) is 2.87. The van der Waals surface area contributed by atoms with Crippen LogP contribution in [0.3, 0.4) is 0 Å². The molecule has 1 aromatic carbocycles. The highest BCUT2D eigenvalue weighted by atomic mass is 16.6. The first-order valence-corrected chi connectivity index (χ1v) is 6.19. The predicted octanol–water partition coefficient (Wildman–Crippen LogP) is 0.946. The van der Waals surface area contributed by atoms with Gasteiger partial charge < -0.3 is 10.0 Å². The van der Waals surface area contributed by atoms with Crippen LogP contribution in [0.5, 0.6) is 0 Å². The topological polar surface area (TPSA) is 114 Å². The van der Waals surface area contributed by atoms with Crippen molar-refractivity contribution in [1.82, 2.24) is 15.0 Å². The molecule has 1 aliphatic rings. The maximum atomic E-state index is 10.7. The second-order valence-electron chi connectivity index (χ2n) is 4.72. The van der Waals surface area contributed by atoms with Crippen LogP contribution in [0.25, 0.3) is 0 Å². The number of hydrogen-bond donors (Lipinski definition) is 1. The van der Waals surface area contributed by atoms with Crippen LogP contribution in [0.1, 0.15) is 16.5 Å². The van der Waals surface area contributed by atoms with Crippen LogP contribution >= 0.6 is 0 Å². The molecule has 9 heteroatoms. The summed E-state index contributed by atoms with van der Waals surface area (Å²) in [6, 6.07) is 6.36. The number of anilines is 1. The SMILES string of the molecule is O=C(O)c1cn(C2CN(c3ccc([N+](=O)[O-])cc3)C2)nn1. The van der Waals surface area contributed by atoms with Crippen molar-refractivity contribution in [3.05, 3.63) is 46.3 Å². The largest absolute Gasteiger partial charge is 0.476 e. The Morgan fingerprint density at radius 3 is 2.52 bits per heavy atom. The molecule has 1 aromatic heterocycles. The van der Waals surface area contributed by atoms with E-state index in [4.69, 9.17) is 5.11 Å². The molecule has 0 unspecified atom stereocenters. The summed E-state index contributed by atoms with van der Waals surface area (Å²) in [7, 11) is 0. The lowest BCUT2D eigenvalue weighted by Gasteiger charge is -2.40. The molecule has 108 valence electrons. The molecule has 0 saturated carbocycles. The lowest BCUT2D eigenvalue weighted by atomic mass is 10.1. The van der Waals surface area contributed by atoms with Crippen LogP contribution in [0.4, 0.5) is 11.4 Å². The van der Waals surface area contributed by atoms with Crippen molar-refractivity contribution in [3.63, 3.8) is 0 Å². The van der Waals surface area contributed by atoms with Crippen molar-refractivity contribution >= 4 is 17.3 Å². The first-order valence-electron chi connectivity index (χ1n) is 6.19. The van der Waals surface area contributed by atoms with Gasteiger partial charge >= 0.3 is 5.97 Å². The minimum atomic E-state index is -1.10. The summed E-state index contributed by atoms with van der Waals surface area (Å²) in [5.41, 5.74) is 0.859. The monoisotopic (exact) mass is 289 g/mol. The van der Waals surface area contributed by atoms with Crippen molar-refractivity contribution in [2.45, 2.75) is 6.04 Å². The zero-order valence-corrected chi connectivity index (χ0v) is 10.8. The molecule has 2 heterocycles. The van der Waals surface area contributed by atoms with Gasteiger partial charge in [-0.25, -0.2) is 9.48 Å². The first-order chi connectivity index (χ1) is 10.0. The van der Waals surface area contributed by atoms with Crippen molar-refractivity contribution in [2.24, 2.45) is 0 Å². The van der Waals surface area contributed by atoms with Crippen molar-refractivity contribution in [1.29, 1.82) is 0 Å². The maximum absolute atomic E-state index is 10.7. The summed E-state index contributed by atoms with van der Waals surface area (Å²) in [4.78, 5) is 22.9. The number of carbonyl (C=O) groups is 1. The molecular weight excluding hydrogens is 278 g/mol. The molecule has 0 amide bonds. The van der Waals surface area contributed by atoms with Crippen LogP contribution < -0.4 is 4.90 Å². The Kier molecular flexibility index (Phi) is 3.01. The fraction of sp³-hybridized carbons (Fsp3) is 0.250. The molecule has 0 atom stereocenters. The number of benzene rings is 1. The smallest absolute Gasteiger partial charge is 0.358 e. The van der Waals surface area contributed by atoms with Crippen LogP contribution in [0.15, 0.2) is 30.5 Å². The second kappa shape index (κ2) is 4.85. The molecule has 9 nitrogen and oxygen atoms in total. The van der Waals surface area contributed by atoms with Gasteiger partial charge in [0.05, 0.1) is 17.2 Å². The zero-order valence-electron chi connectivity index (χ0n) is 10.8. The minimum Gasteiger partial charge on any atom is -0.476 e. The maximum Gasteiger partial charge on any atom is 0.358 e. The van der Waals surface area contributed by atoms with E-state index in [0.717, 1.165) is 5.69 Å². The number of nitrogens with zero attached hydrogens (tertiary/aromatic N) is 5. The molecule has 1 aliphatic heterocycles. The van der Waals surface area contributed by atoms with Gasteiger partial charge in [-0.05, 0) is 12.1 Å². The minimum absolute atomic E-state index is 0.0539. The second-order valence-corrected chi connectivity index (χ2v) is 4.72. The number of carboxylic acids is 1. The van der Waals surface area contributed by atoms with Gasteiger partial charge in [0.25, 0.3) is 5.69 Å². The fourth-order valence-corrected chi connectivity index (χ4v) is 2.17. The van der Waals surface area contributed by atoms with Gasteiger partial charge in [-0.2, -0.15) is 0 Å².